The number of rotatable bonds is 8. The van der Waals surface area contributed by atoms with E-state index in [0.29, 0.717) is 12.8 Å². The van der Waals surface area contributed by atoms with Gasteiger partial charge in [0.25, 0.3) is 0 Å². The first-order valence-electron chi connectivity index (χ1n) is 7.28. The molecule has 2 atom stereocenters. The topological polar surface area (TPSA) is 83.5 Å². The smallest absolute Gasteiger partial charge is 0.426 e. The third kappa shape index (κ3) is 5.22. The molecule has 0 N–H and O–H groups in total. The van der Waals surface area contributed by atoms with Gasteiger partial charge in [0.2, 0.25) is 0 Å². The lowest BCUT2D eigenvalue weighted by Crippen LogP contribution is -2.67. The molecular weight excluding hydrogens is 382 g/mol. The zero-order chi connectivity index (χ0) is 20.3. The summed E-state index contributed by atoms with van der Waals surface area (Å²) >= 11 is 0. The van der Waals surface area contributed by atoms with Gasteiger partial charge in [0, 0.05) is 0 Å². The van der Waals surface area contributed by atoms with Gasteiger partial charge in [-0.1, -0.05) is 33.6 Å². The van der Waals surface area contributed by atoms with Crippen LogP contribution in [0.5, 0.6) is 0 Å². The average molecular weight is 401 g/mol. The van der Waals surface area contributed by atoms with Crippen LogP contribution in [0.3, 0.4) is 0 Å². The summed E-state index contributed by atoms with van der Waals surface area (Å²) in [6.07, 6.45) is -11.7. The molecule has 0 amide bonds. The summed E-state index contributed by atoms with van der Waals surface area (Å²) in [6.45, 7) is 4.29. The number of ether oxygens (including phenoxy) is 1. The number of hydrogen-bond donors (Lipinski definition) is 0. The summed E-state index contributed by atoms with van der Waals surface area (Å²) in [5, 5.41) is 0. The molecule has 2 unspecified atom stereocenters. The van der Waals surface area contributed by atoms with Crippen LogP contribution in [0.1, 0.15) is 40.0 Å². The van der Waals surface area contributed by atoms with Crippen LogP contribution in [-0.2, 0) is 19.6 Å². The van der Waals surface area contributed by atoms with Gasteiger partial charge in [-0.25, -0.2) is 13.2 Å². The lowest BCUT2D eigenvalue weighted by atomic mass is 9.97. The van der Waals surface area contributed by atoms with Crippen LogP contribution in [0, 0.1) is 11.8 Å². The van der Waals surface area contributed by atoms with Crippen molar-refractivity contribution in [1.29, 1.82) is 0 Å². The molecule has 0 rings (SSSR count). The Balaban J connectivity index is 5.49. The first-order chi connectivity index (χ1) is 11.0. The highest BCUT2D eigenvalue weighted by molar-refractivity contribution is 7.88. The monoisotopic (exact) mass is 401 g/mol. The number of esters is 1. The molecule has 0 saturated carbocycles. The molecule has 0 aromatic rings. The molecule has 0 aliphatic rings. The standard InChI is InChI=1S/C13H20F6O5S/c1-4-8(2)5-6-9(3)7-24-10(20)11(12(14,15)16,13(17,18)19)25(21,22)23/h8-9H,4-7H2,1-3H3,(H,21,22,23)/p-1. The van der Waals surface area contributed by atoms with Crippen molar-refractivity contribution in [2.45, 2.75) is 57.1 Å². The summed E-state index contributed by atoms with van der Waals surface area (Å²) in [5.74, 6) is -3.56. The van der Waals surface area contributed by atoms with Gasteiger partial charge < -0.3 is 9.29 Å². The molecule has 0 fully saturated rings. The first-order valence-corrected chi connectivity index (χ1v) is 8.69. The van der Waals surface area contributed by atoms with Crippen molar-refractivity contribution >= 4 is 16.1 Å². The van der Waals surface area contributed by atoms with Gasteiger partial charge in [0.15, 0.2) is 0 Å². The summed E-state index contributed by atoms with van der Waals surface area (Å²) in [5.41, 5.74) is 0. The van der Waals surface area contributed by atoms with E-state index >= 15 is 0 Å². The van der Waals surface area contributed by atoms with Crippen molar-refractivity contribution in [3.8, 4) is 0 Å². The summed E-state index contributed by atoms with van der Waals surface area (Å²) < 4.78 is 107. The third-order valence-electron chi connectivity index (χ3n) is 3.81. The molecule has 0 bridgehead atoms. The van der Waals surface area contributed by atoms with E-state index in [1.165, 1.54) is 6.92 Å². The summed E-state index contributed by atoms with van der Waals surface area (Å²) in [4.78, 5) is 11.5. The molecule has 25 heavy (non-hydrogen) atoms. The molecular formula is C13H19F6O5S-. The maximum absolute atomic E-state index is 12.8. The minimum absolute atomic E-state index is 0.240. The summed E-state index contributed by atoms with van der Waals surface area (Å²) in [7, 11) is -7.19. The predicted octanol–water partition coefficient (Wildman–Crippen LogP) is 3.40. The maximum atomic E-state index is 12.8. The van der Waals surface area contributed by atoms with E-state index in [1.807, 2.05) is 13.8 Å². The Morgan fingerprint density at radius 1 is 1.00 bits per heavy atom. The van der Waals surface area contributed by atoms with Gasteiger partial charge in [-0.15, -0.1) is 0 Å². The fraction of sp³-hybridized carbons (Fsp3) is 0.923. The molecule has 150 valence electrons. The predicted molar refractivity (Wildman–Crippen MR) is 73.4 cm³/mol. The number of alkyl halides is 6. The zero-order valence-corrected chi connectivity index (χ0v) is 14.5. The molecule has 0 radical (unpaired) electrons. The second-order valence-corrected chi connectivity index (χ2v) is 7.45. The number of carbonyl (C=O) groups is 1. The number of carbonyl (C=O) groups excluding carboxylic acids is 1. The van der Waals surface area contributed by atoms with Crippen molar-refractivity contribution in [2.75, 3.05) is 6.61 Å². The van der Waals surface area contributed by atoms with E-state index in [0.717, 1.165) is 6.42 Å². The second-order valence-electron chi connectivity index (χ2n) is 5.93. The molecule has 0 aromatic carbocycles. The van der Waals surface area contributed by atoms with Crippen LogP contribution in [0.25, 0.3) is 0 Å². The Hall–Kier alpha value is -1.04. The van der Waals surface area contributed by atoms with Crippen molar-refractivity contribution in [3.63, 3.8) is 0 Å². The minimum atomic E-state index is -7.19. The van der Waals surface area contributed by atoms with Crippen LogP contribution in [0.2, 0.25) is 0 Å². The molecule has 0 heterocycles. The van der Waals surface area contributed by atoms with Crippen molar-refractivity contribution in [1.82, 2.24) is 0 Å². The average Bonchev–Trinajstić information content (AvgIpc) is 2.37. The van der Waals surface area contributed by atoms with E-state index in [1.54, 1.807) is 0 Å². The number of hydrogen-bond acceptors (Lipinski definition) is 5. The van der Waals surface area contributed by atoms with Crippen molar-refractivity contribution in [3.05, 3.63) is 0 Å². The van der Waals surface area contributed by atoms with Gasteiger partial charge >= 0.3 is 23.1 Å². The van der Waals surface area contributed by atoms with E-state index in [2.05, 4.69) is 4.74 Å². The van der Waals surface area contributed by atoms with Gasteiger partial charge in [-0.3, -0.25) is 0 Å². The van der Waals surface area contributed by atoms with Gasteiger partial charge in [-0.05, 0) is 18.3 Å². The highest BCUT2D eigenvalue weighted by Gasteiger charge is 2.81. The Morgan fingerprint density at radius 2 is 1.40 bits per heavy atom. The molecule has 0 aromatic heterocycles. The van der Waals surface area contributed by atoms with E-state index < -0.39 is 45.7 Å². The SMILES string of the molecule is CCC(C)CCC(C)COC(=O)C(C(F)(F)F)(C(F)(F)F)S(=O)(=O)[O-]. The van der Waals surface area contributed by atoms with E-state index in [4.69, 9.17) is 0 Å². The lowest BCUT2D eigenvalue weighted by molar-refractivity contribution is -0.269. The fourth-order valence-electron chi connectivity index (χ4n) is 1.95. The molecule has 0 aliphatic heterocycles. The minimum Gasteiger partial charge on any atom is -0.747 e. The van der Waals surface area contributed by atoms with Crippen LogP contribution >= 0.6 is 0 Å². The zero-order valence-electron chi connectivity index (χ0n) is 13.7. The molecule has 12 heteroatoms. The van der Waals surface area contributed by atoms with Crippen molar-refractivity contribution < 1.29 is 48.8 Å². The molecule has 0 aliphatic carbocycles. The van der Waals surface area contributed by atoms with E-state index in [9.17, 15) is 44.1 Å². The van der Waals surface area contributed by atoms with E-state index in [-0.39, 0.29) is 5.92 Å². The lowest BCUT2D eigenvalue weighted by Gasteiger charge is -2.36. The van der Waals surface area contributed by atoms with Crippen LogP contribution in [-0.4, -0.2) is 42.6 Å². The van der Waals surface area contributed by atoms with Crippen molar-refractivity contribution in [2.24, 2.45) is 11.8 Å². The van der Waals surface area contributed by atoms with Crippen LogP contribution in [0.4, 0.5) is 26.3 Å². The molecule has 5 nitrogen and oxygen atoms in total. The van der Waals surface area contributed by atoms with Gasteiger partial charge in [0.05, 0.1) is 6.61 Å². The molecule has 0 saturated heterocycles. The first kappa shape index (κ1) is 24.0. The maximum Gasteiger partial charge on any atom is 0.426 e. The van der Waals surface area contributed by atoms with Crippen LogP contribution in [0.15, 0.2) is 0 Å². The quantitative estimate of drug-likeness (QED) is 0.354. The van der Waals surface area contributed by atoms with Gasteiger partial charge in [-0.2, -0.15) is 26.3 Å². The highest BCUT2D eigenvalue weighted by Crippen LogP contribution is 2.49. The Bertz CT molecular complexity index is 540. The van der Waals surface area contributed by atoms with Gasteiger partial charge in [0.1, 0.15) is 10.1 Å². The Labute approximate surface area is 141 Å². The fourth-order valence-corrected chi connectivity index (χ4v) is 2.78. The second kappa shape index (κ2) is 8.11. The largest absolute Gasteiger partial charge is 0.747 e. The summed E-state index contributed by atoms with van der Waals surface area (Å²) in [6, 6.07) is 0. The normalized spacial score (nSPS) is 16.4. The third-order valence-corrected chi connectivity index (χ3v) is 5.19. The molecule has 0 spiro atoms. The number of halogens is 6. The Morgan fingerprint density at radius 3 is 1.72 bits per heavy atom. The van der Waals surface area contributed by atoms with Crippen LogP contribution < -0.4 is 0 Å². The Kier molecular flexibility index (Phi) is 7.77. The highest BCUT2D eigenvalue weighted by atomic mass is 32.2.